The number of rotatable bonds is 3. The van der Waals surface area contributed by atoms with E-state index in [1.807, 2.05) is 42.6 Å². The van der Waals surface area contributed by atoms with Gasteiger partial charge in [-0.15, -0.1) is 0 Å². The number of aromatic nitrogens is 2. The van der Waals surface area contributed by atoms with Gasteiger partial charge in [0, 0.05) is 22.9 Å². The number of nitrogens with zero attached hydrogens (tertiary/aromatic N) is 2. The van der Waals surface area contributed by atoms with Crippen LogP contribution >= 0.6 is 11.6 Å². The molecule has 3 heterocycles. The Hall–Kier alpha value is -2.53. The summed E-state index contributed by atoms with van der Waals surface area (Å²) in [7, 11) is 0. The smallest absolute Gasteiger partial charge is 0.226 e. The van der Waals surface area contributed by atoms with Crippen LogP contribution in [0.2, 0.25) is 5.02 Å². The molecular formula is C17H14ClN3O2. The van der Waals surface area contributed by atoms with Gasteiger partial charge in [-0.25, -0.2) is 4.68 Å². The summed E-state index contributed by atoms with van der Waals surface area (Å²) < 4.78 is 7.11. The maximum absolute atomic E-state index is 12.1. The van der Waals surface area contributed by atoms with Crippen molar-refractivity contribution in [1.29, 1.82) is 0 Å². The van der Waals surface area contributed by atoms with Crippen LogP contribution in [-0.2, 0) is 11.3 Å². The van der Waals surface area contributed by atoms with E-state index in [0.29, 0.717) is 18.0 Å². The zero-order valence-electron chi connectivity index (χ0n) is 12.2. The highest BCUT2D eigenvalue weighted by Gasteiger charge is 2.30. The van der Waals surface area contributed by atoms with E-state index in [1.165, 1.54) is 0 Å². The Bertz CT molecular complexity index is 855. The van der Waals surface area contributed by atoms with Gasteiger partial charge in [0.15, 0.2) is 0 Å². The Morgan fingerprint density at radius 1 is 1.35 bits per heavy atom. The molecule has 0 fully saturated rings. The van der Waals surface area contributed by atoms with Gasteiger partial charge in [0.25, 0.3) is 0 Å². The molecule has 3 aromatic rings. The minimum Gasteiger partial charge on any atom is -0.467 e. The van der Waals surface area contributed by atoms with E-state index in [1.54, 1.807) is 10.9 Å². The molecule has 0 radical (unpaired) electrons. The first-order chi connectivity index (χ1) is 11.2. The summed E-state index contributed by atoms with van der Waals surface area (Å²) in [6.45, 7) is 0.477. The molecule has 1 aliphatic heterocycles. The predicted molar refractivity (Wildman–Crippen MR) is 86.6 cm³/mol. The maximum atomic E-state index is 12.1. The van der Waals surface area contributed by atoms with Gasteiger partial charge in [0.1, 0.15) is 18.1 Å². The van der Waals surface area contributed by atoms with Crippen molar-refractivity contribution in [2.45, 2.75) is 18.9 Å². The first kappa shape index (κ1) is 14.1. The first-order valence-corrected chi connectivity index (χ1v) is 7.72. The minimum atomic E-state index is -0.0391. The average Bonchev–Trinajstić information content (AvgIpc) is 3.18. The molecule has 0 spiro atoms. The number of carbonyl (C=O) groups excluding carboxylic acids is 1. The first-order valence-electron chi connectivity index (χ1n) is 7.34. The third-order valence-electron chi connectivity index (χ3n) is 4.03. The zero-order chi connectivity index (χ0) is 15.8. The van der Waals surface area contributed by atoms with Crippen molar-refractivity contribution in [2.24, 2.45) is 0 Å². The minimum absolute atomic E-state index is 0.0244. The number of carbonyl (C=O) groups is 1. The lowest BCUT2D eigenvalue weighted by Crippen LogP contribution is -2.25. The van der Waals surface area contributed by atoms with Crippen LogP contribution in [0.1, 0.15) is 29.2 Å². The molecule has 0 saturated heterocycles. The second kappa shape index (κ2) is 5.59. The molecule has 1 unspecified atom stereocenters. The molecule has 1 aliphatic rings. The number of amides is 1. The van der Waals surface area contributed by atoms with E-state index in [2.05, 4.69) is 10.4 Å². The van der Waals surface area contributed by atoms with E-state index < -0.39 is 0 Å². The molecule has 6 heteroatoms. The molecule has 116 valence electrons. The number of fused-ring (bicyclic) bond motifs is 1. The summed E-state index contributed by atoms with van der Waals surface area (Å²) in [4.78, 5) is 12.1. The standard InChI is InChI=1S/C17H14ClN3O2/c18-12-4-1-3-11(7-12)14-8-16(22)20-17-15(14)9-19-21(17)10-13-5-2-6-23-13/h1-7,9,14H,8,10H2,(H,20,22). The monoisotopic (exact) mass is 327 g/mol. The molecule has 1 atom stereocenters. The SMILES string of the molecule is O=C1CC(c2cccc(Cl)c2)c2cnn(Cc3ccco3)c2N1. The summed E-state index contributed by atoms with van der Waals surface area (Å²) >= 11 is 6.09. The Kier molecular flexibility index (Phi) is 3.42. The Balaban J connectivity index is 1.73. The van der Waals surface area contributed by atoms with Gasteiger partial charge in [0.05, 0.1) is 12.5 Å². The molecule has 0 saturated carbocycles. The number of furan rings is 1. The second-order valence-electron chi connectivity index (χ2n) is 5.55. The van der Waals surface area contributed by atoms with Crippen LogP contribution in [0.15, 0.2) is 53.3 Å². The molecular weight excluding hydrogens is 314 g/mol. The van der Waals surface area contributed by atoms with E-state index >= 15 is 0 Å². The van der Waals surface area contributed by atoms with Crippen LogP contribution in [0.5, 0.6) is 0 Å². The molecule has 4 rings (SSSR count). The van der Waals surface area contributed by atoms with E-state index in [0.717, 1.165) is 22.7 Å². The highest BCUT2D eigenvalue weighted by molar-refractivity contribution is 6.30. The summed E-state index contributed by atoms with van der Waals surface area (Å²) in [5, 5.41) is 8.00. The number of anilines is 1. The average molecular weight is 328 g/mol. The van der Waals surface area contributed by atoms with Crippen molar-refractivity contribution >= 4 is 23.3 Å². The van der Waals surface area contributed by atoms with E-state index in [-0.39, 0.29) is 11.8 Å². The van der Waals surface area contributed by atoms with Crippen LogP contribution in [-0.4, -0.2) is 15.7 Å². The third-order valence-corrected chi connectivity index (χ3v) is 4.26. The van der Waals surface area contributed by atoms with Gasteiger partial charge in [-0.05, 0) is 29.8 Å². The molecule has 23 heavy (non-hydrogen) atoms. The fraction of sp³-hybridized carbons (Fsp3) is 0.176. The lowest BCUT2D eigenvalue weighted by Gasteiger charge is -2.23. The summed E-state index contributed by atoms with van der Waals surface area (Å²) in [6, 6.07) is 11.3. The summed E-state index contributed by atoms with van der Waals surface area (Å²) in [5.74, 6) is 1.45. The fourth-order valence-electron chi connectivity index (χ4n) is 2.96. The highest BCUT2D eigenvalue weighted by Crippen LogP contribution is 2.37. The van der Waals surface area contributed by atoms with Gasteiger partial charge < -0.3 is 9.73 Å². The maximum Gasteiger partial charge on any atom is 0.226 e. The molecule has 1 aromatic carbocycles. The topological polar surface area (TPSA) is 60.1 Å². The number of benzene rings is 1. The number of hydrogen-bond donors (Lipinski definition) is 1. The Morgan fingerprint density at radius 3 is 3.04 bits per heavy atom. The van der Waals surface area contributed by atoms with Crippen molar-refractivity contribution in [3.63, 3.8) is 0 Å². The lowest BCUT2D eigenvalue weighted by atomic mass is 9.87. The van der Waals surface area contributed by atoms with Crippen molar-refractivity contribution in [1.82, 2.24) is 9.78 Å². The van der Waals surface area contributed by atoms with E-state index in [4.69, 9.17) is 16.0 Å². The Morgan fingerprint density at radius 2 is 2.26 bits per heavy atom. The normalized spacial score (nSPS) is 16.9. The molecule has 2 aromatic heterocycles. The van der Waals surface area contributed by atoms with Crippen molar-refractivity contribution in [3.05, 3.63) is 70.8 Å². The number of hydrogen-bond acceptors (Lipinski definition) is 3. The molecule has 5 nitrogen and oxygen atoms in total. The van der Waals surface area contributed by atoms with Crippen molar-refractivity contribution in [3.8, 4) is 0 Å². The summed E-state index contributed by atoms with van der Waals surface area (Å²) in [6.07, 6.45) is 3.82. The second-order valence-corrected chi connectivity index (χ2v) is 5.98. The van der Waals surface area contributed by atoms with Crippen molar-refractivity contribution in [2.75, 3.05) is 5.32 Å². The largest absolute Gasteiger partial charge is 0.467 e. The molecule has 1 N–H and O–H groups in total. The lowest BCUT2D eigenvalue weighted by molar-refractivity contribution is -0.116. The Labute approximate surface area is 137 Å². The van der Waals surface area contributed by atoms with Crippen LogP contribution < -0.4 is 5.32 Å². The quantitative estimate of drug-likeness (QED) is 0.798. The van der Waals surface area contributed by atoms with Gasteiger partial charge in [-0.2, -0.15) is 5.10 Å². The van der Waals surface area contributed by atoms with E-state index in [9.17, 15) is 4.79 Å². The predicted octanol–water partition coefficient (Wildman–Crippen LogP) is 3.65. The van der Waals surface area contributed by atoms with Gasteiger partial charge in [-0.3, -0.25) is 4.79 Å². The van der Waals surface area contributed by atoms with Gasteiger partial charge in [-0.1, -0.05) is 23.7 Å². The third kappa shape index (κ3) is 2.64. The van der Waals surface area contributed by atoms with Gasteiger partial charge >= 0.3 is 0 Å². The van der Waals surface area contributed by atoms with Crippen LogP contribution in [0.3, 0.4) is 0 Å². The van der Waals surface area contributed by atoms with Crippen molar-refractivity contribution < 1.29 is 9.21 Å². The fourth-order valence-corrected chi connectivity index (χ4v) is 3.16. The number of nitrogens with one attached hydrogen (secondary N) is 1. The number of halogens is 1. The highest BCUT2D eigenvalue weighted by atomic mass is 35.5. The van der Waals surface area contributed by atoms with Crippen LogP contribution in [0, 0.1) is 0 Å². The van der Waals surface area contributed by atoms with Gasteiger partial charge in [0.2, 0.25) is 5.91 Å². The zero-order valence-corrected chi connectivity index (χ0v) is 13.0. The molecule has 0 bridgehead atoms. The summed E-state index contributed by atoms with van der Waals surface area (Å²) in [5.41, 5.74) is 2.02. The molecule has 1 amide bonds. The molecule has 0 aliphatic carbocycles. The van der Waals surface area contributed by atoms with Crippen LogP contribution in [0.4, 0.5) is 5.82 Å². The van der Waals surface area contributed by atoms with Crippen LogP contribution in [0.25, 0.3) is 0 Å².